The summed E-state index contributed by atoms with van der Waals surface area (Å²) >= 11 is 11.0. The van der Waals surface area contributed by atoms with E-state index < -0.39 is 5.82 Å². The number of hydrogen-bond acceptors (Lipinski definition) is 3. The van der Waals surface area contributed by atoms with Gasteiger partial charge in [-0.25, -0.2) is 4.39 Å². The van der Waals surface area contributed by atoms with Gasteiger partial charge in [0, 0.05) is 5.69 Å². The molecule has 2 rings (SSSR count). The number of rotatable bonds is 6. The number of benzene rings is 2. The zero-order chi connectivity index (χ0) is 17.5. The van der Waals surface area contributed by atoms with Crippen molar-refractivity contribution < 1.29 is 13.9 Å². The van der Waals surface area contributed by atoms with Crippen molar-refractivity contribution in [1.82, 2.24) is 5.32 Å². The number of anilines is 1. The zero-order valence-electron chi connectivity index (χ0n) is 13.3. The van der Waals surface area contributed by atoms with Crippen molar-refractivity contribution in [2.24, 2.45) is 0 Å². The van der Waals surface area contributed by atoms with Gasteiger partial charge in [0.25, 0.3) is 0 Å². The topological polar surface area (TPSA) is 42.5 Å². The lowest BCUT2D eigenvalue weighted by atomic mass is 10.3. The zero-order valence-corrected chi connectivity index (χ0v) is 14.9. The highest BCUT2D eigenvalue weighted by atomic mass is 35.5. The first-order valence-electron chi connectivity index (χ1n) is 7.28. The van der Waals surface area contributed by atoms with E-state index in [9.17, 15) is 4.39 Å². The minimum atomic E-state index is -0.473. The number of nitrogens with one attached hydrogen (secondary N) is 2. The molecule has 0 heterocycles. The Balaban J connectivity index is 1.84. The SMILES string of the molecule is COc1ccccc1OC[C@H](C)NC(=S)Nc1ccc(F)c(Cl)c1. The van der Waals surface area contributed by atoms with Crippen molar-refractivity contribution >= 4 is 34.6 Å². The van der Waals surface area contributed by atoms with Crippen LogP contribution in [0.15, 0.2) is 42.5 Å². The fourth-order valence-corrected chi connectivity index (χ4v) is 2.46. The van der Waals surface area contributed by atoms with E-state index >= 15 is 0 Å². The molecule has 7 heteroatoms. The molecule has 0 unspecified atom stereocenters. The summed E-state index contributed by atoms with van der Waals surface area (Å²) in [5.41, 5.74) is 0.608. The van der Waals surface area contributed by atoms with Crippen LogP contribution in [-0.2, 0) is 0 Å². The molecule has 0 saturated carbocycles. The molecule has 0 radical (unpaired) electrons. The van der Waals surface area contributed by atoms with Crippen molar-refractivity contribution in [3.8, 4) is 11.5 Å². The van der Waals surface area contributed by atoms with Gasteiger partial charge in [0.05, 0.1) is 18.2 Å². The van der Waals surface area contributed by atoms with Crippen LogP contribution in [-0.4, -0.2) is 24.9 Å². The van der Waals surface area contributed by atoms with Crippen LogP contribution in [0.4, 0.5) is 10.1 Å². The minimum absolute atomic E-state index is 0.0374. The van der Waals surface area contributed by atoms with E-state index in [0.29, 0.717) is 28.9 Å². The first-order chi connectivity index (χ1) is 11.5. The summed E-state index contributed by atoms with van der Waals surface area (Å²) in [6.07, 6.45) is 0. The lowest BCUT2D eigenvalue weighted by molar-refractivity contribution is 0.270. The quantitative estimate of drug-likeness (QED) is 0.746. The molecule has 2 aromatic rings. The standard InChI is InChI=1S/C17H18ClFN2O2S/c1-11(10-23-16-6-4-3-5-15(16)22-2)20-17(24)21-12-7-8-14(19)13(18)9-12/h3-9,11H,10H2,1-2H3,(H2,20,21,24)/t11-/m0/s1. The molecule has 0 aliphatic heterocycles. The third kappa shape index (κ3) is 5.25. The summed E-state index contributed by atoms with van der Waals surface area (Å²) in [4.78, 5) is 0. The summed E-state index contributed by atoms with van der Waals surface area (Å²) in [6.45, 7) is 2.33. The van der Waals surface area contributed by atoms with Gasteiger partial charge in [0.2, 0.25) is 0 Å². The molecule has 0 spiro atoms. The van der Waals surface area contributed by atoms with Gasteiger partial charge >= 0.3 is 0 Å². The van der Waals surface area contributed by atoms with Gasteiger partial charge in [-0.3, -0.25) is 0 Å². The number of thiocarbonyl (C=S) groups is 1. The number of ether oxygens (including phenoxy) is 2. The van der Waals surface area contributed by atoms with Crippen molar-refractivity contribution in [3.63, 3.8) is 0 Å². The average Bonchev–Trinajstić information content (AvgIpc) is 2.56. The van der Waals surface area contributed by atoms with Crippen LogP contribution in [0.5, 0.6) is 11.5 Å². The third-order valence-corrected chi connectivity index (χ3v) is 3.62. The van der Waals surface area contributed by atoms with E-state index in [2.05, 4.69) is 10.6 Å². The second-order valence-electron chi connectivity index (χ2n) is 5.09. The molecule has 0 saturated heterocycles. The van der Waals surface area contributed by atoms with Crippen LogP contribution < -0.4 is 20.1 Å². The normalized spacial score (nSPS) is 11.5. The Morgan fingerprint density at radius 1 is 1.25 bits per heavy atom. The van der Waals surface area contributed by atoms with Crippen LogP contribution in [0, 0.1) is 5.82 Å². The number of para-hydroxylation sites is 2. The van der Waals surface area contributed by atoms with Crippen molar-refractivity contribution in [2.45, 2.75) is 13.0 Å². The molecule has 1 atom stereocenters. The van der Waals surface area contributed by atoms with Crippen LogP contribution in [0.3, 0.4) is 0 Å². The fraction of sp³-hybridized carbons (Fsp3) is 0.235. The van der Waals surface area contributed by atoms with Crippen molar-refractivity contribution in [3.05, 3.63) is 53.3 Å². The van der Waals surface area contributed by atoms with Gasteiger partial charge in [-0.1, -0.05) is 23.7 Å². The van der Waals surface area contributed by atoms with Gasteiger partial charge in [0.15, 0.2) is 16.6 Å². The Labute approximate surface area is 150 Å². The molecule has 0 aliphatic rings. The molecular formula is C17H18ClFN2O2S. The fourth-order valence-electron chi connectivity index (χ4n) is 1.96. The average molecular weight is 369 g/mol. The van der Waals surface area contributed by atoms with E-state index in [1.807, 2.05) is 31.2 Å². The van der Waals surface area contributed by atoms with Crippen LogP contribution in [0.25, 0.3) is 0 Å². The Morgan fingerprint density at radius 2 is 1.96 bits per heavy atom. The second-order valence-corrected chi connectivity index (χ2v) is 5.91. The monoisotopic (exact) mass is 368 g/mol. The summed E-state index contributed by atoms with van der Waals surface area (Å²) in [7, 11) is 1.59. The van der Waals surface area contributed by atoms with Gasteiger partial charge in [0.1, 0.15) is 12.4 Å². The largest absolute Gasteiger partial charge is 0.493 e. The lowest BCUT2D eigenvalue weighted by Gasteiger charge is -2.18. The van der Waals surface area contributed by atoms with Gasteiger partial charge in [-0.15, -0.1) is 0 Å². The first-order valence-corrected chi connectivity index (χ1v) is 8.06. The first kappa shape index (κ1) is 18.3. The van der Waals surface area contributed by atoms with Gasteiger partial charge in [-0.05, 0) is 49.5 Å². The molecule has 0 fully saturated rings. The summed E-state index contributed by atoms with van der Waals surface area (Å²) in [5, 5.41) is 6.47. The summed E-state index contributed by atoms with van der Waals surface area (Å²) in [5.74, 6) is 0.865. The van der Waals surface area contributed by atoms with E-state index in [1.54, 1.807) is 13.2 Å². The summed E-state index contributed by atoms with van der Waals surface area (Å²) in [6, 6.07) is 11.7. The smallest absolute Gasteiger partial charge is 0.171 e. The highest BCUT2D eigenvalue weighted by Crippen LogP contribution is 2.25. The maximum absolute atomic E-state index is 13.1. The Morgan fingerprint density at radius 3 is 2.62 bits per heavy atom. The van der Waals surface area contributed by atoms with Crippen LogP contribution in [0.2, 0.25) is 5.02 Å². The van der Waals surface area contributed by atoms with Gasteiger partial charge in [-0.2, -0.15) is 0 Å². The molecule has 0 amide bonds. The van der Waals surface area contributed by atoms with Gasteiger partial charge < -0.3 is 20.1 Å². The predicted octanol–water partition coefficient (Wildman–Crippen LogP) is 4.24. The van der Waals surface area contributed by atoms with E-state index in [0.717, 1.165) is 0 Å². The molecule has 0 aromatic heterocycles. The number of halogens is 2. The van der Waals surface area contributed by atoms with E-state index in [-0.39, 0.29) is 11.1 Å². The molecule has 0 bridgehead atoms. The third-order valence-electron chi connectivity index (χ3n) is 3.11. The highest BCUT2D eigenvalue weighted by molar-refractivity contribution is 7.80. The minimum Gasteiger partial charge on any atom is -0.493 e. The molecule has 2 N–H and O–H groups in total. The van der Waals surface area contributed by atoms with E-state index in [4.69, 9.17) is 33.3 Å². The number of methoxy groups -OCH3 is 1. The molecular weight excluding hydrogens is 351 g/mol. The molecule has 0 aliphatic carbocycles. The molecule has 128 valence electrons. The Bertz CT molecular complexity index is 715. The maximum atomic E-state index is 13.1. The Kier molecular flexibility index (Phi) is 6.63. The second kappa shape index (κ2) is 8.70. The lowest BCUT2D eigenvalue weighted by Crippen LogP contribution is -2.39. The highest BCUT2D eigenvalue weighted by Gasteiger charge is 2.09. The predicted molar refractivity (Wildman–Crippen MR) is 98.7 cm³/mol. The van der Waals surface area contributed by atoms with E-state index in [1.165, 1.54) is 12.1 Å². The number of hydrogen-bond donors (Lipinski definition) is 2. The van der Waals surface area contributed by atoms with Crippen LogP contribution >= 0.6 is 23.8 Å². The van der Waals surface area contributed by atoms with Crippen molar-refractivity contribution in [2.75, 3.05) is 19.0 Å². The summed E-state index contributed by atoms with van der Waals surface area (Å²) < 4.78 is 24.1. The molecule has 4 nitrogen and oxygen atoms in total. The molecule has 24 heavy (non-hydrogen) atoms. The molecule has 2 aromatic carbocycles. The van der Waals surface area contributed by atoms with Crippen molar-refractivity contribution in [1.29, 1.82) is 0 Å². The maximum Gasteiger partial charge on any atom is 0.171 e. The Hall–Kier alpha value is -2.05. The van der Waals surface area contributed by atoms with Crippen LogP contribution in [0.1, 0.15) is 6.92 Å².